The maximum atomic E-state index is 13.0. The van der Waals surface area contributed by atoms with E-state index < -0.39 is 5.97 Å². The fourth-order valence-corrected chi connectivity index (χ4v) is 4.28. The Morgan fingerprint density at radius 1 is 0.964 bits per heavy atom. The third-order valence-corrected chi connectivity index (χ3v) is 5.71. The van der Waals surface area contributed by atoms with Gasteiger partial charge in [-0.05, 0) is 42.9 Å². The molecule has 0 bridgehead atoms. The minimum atomic E-state index is -0.427. The Morgan fingerprint density at radius 2 is 1.64 bits per heavy atom. The fraction of sp³-hybridized carbons (Fsp3) is 0.348. The number of amides is 2. The van der Waals surface area contributed by atoms with Gasteiger partial charge in [0.05, 0.1) is 23.9 Å². The number of hydrogen-bond donors (Lipinski definition) is 0. The van der Waals surface area contributed by atoms with E-state index in [4.69, 9.17) is 4.74 Å². The molecule has 2 amide bonds. The number of para-hydroxylation sites is 2. The molecule has 1 aliphatic carbocycles. The van der Waals surface area contributed by atoms with Gasteiger partial charge in [0, 0.05) is 0 Å². The van der Waals surface area contributed by atoms with E-state index >= 15 is 0 Å². The summed E-state index contributed by atoms with van der Waals surface area (Å²) in [6, 6.07) is 16.1. The van der Waals surface area contributed by atoms with Crippen LogP contribution in [-0.2, 0) is 20.8 Å². The highest BCUT2D eigenvalue weighted by atomic mass is 16.5. The molecule has 2 aliphatic rings. The fourth-order valence-electron chi connectivity index (χ4n) is 4.28. The lowest BCUT2D eigenvalue weighted by Crippen LogP contribution is -2.31. The van der Waals surface area contributed by atoms with Crippen molar-refractivity contribution < 1.29 is 19.1 Å². The van der Waals surface area contributed by atoms with E-state index in [-0.39, 0.29) is 35.8 Å². The second-order valence-corrected chi connectivity index (χ2v) is 7.75. The van der Waals surface area contributed by atoms with Crippen LogP contribution >= 0.6 is 0 Å². The summed E-state index contributed by atoms with van der Waals surface area (Å²) in [7, 11) is 0. The first-order valence-electron chi connectivity index (χ1n) is 9.76. The van der Waals surface area contributed by atoms with Crippen molar-refractivity contribution in [2.24, 2.45) is 17.8 Å². The Hall–Kier alpha value is -2.95. The molecular formula is C23H23NO4. The number of benzene rings is 2. The smallest absolute Gasteiger partial charge is 0.315 e. The van der Waals surface area contributed by atoms with Gasteiger partial charge in [-0.25, -0.2) is 4.90 Å². The number of anilines is 1. The molecule has 0 aromatic heterocycles. The molecule has 4 rings (SSSR count). The molecule has 1 saturated heterocycles. The highest BCUT2D eigenvalue weighted by Gasteiger charge is 2.50. The van der Waals surface area contributed by atoms with Crippen LogP contribution in [-0.4, -0.2) is 17.8 Å². The largest absolute Gasteiger partial charge is 0.424 e. The van der Waals surface area contributed by atoms with Crippen molar-refractivity contribution in [1.29, 1.82) is 0 Å². The molecule has 1 aliphatic heterocycles. The van der Waals surface area contributed by atoms with Crippen molar-refractivity contribution in [3.63, 3.8) is 0 Å². The number of esters is 1. The molecule has 3 atom stereocenters. The second-order valence-electron chi connectivity index (χ2n) is 7.75. The third-order valence-electron chi connectivity index (χ3n) is 5.71. The van der Waals surface area contributed by atoms with E-state index in [1.165, 1.54) is 4.90 Å². The van der Waals surface area contributed by atoms with Crippen LogP contribution in [0.5, 0.6) is 5.75 Å². The van der Waals surface area contributed by atoms with Crippen LogP contribution < -0.4 is 9.64 Å². The quantitative estimate of drug-likeness (QED) is 0.462. The summed E-state index contributed by atoms with van der Waals surface area (Å²) in [5.74, 6) is -0.597. The molecule has 1 saturated carbocycles. The van der Waals surface area contributed by atoms with Gasteiger partial charge < -0.3 is 4.74 Å². The number of fused-ring (bicyclic) bond motifs is 1. The molecule has 0 N–H and O–H groups in total. The zero-order valence-corrected chi connectivity index (χ0v) is 15.8. The summed E-state index contributed by atoms with van der Waals surface area (Å²) >= 11 is 0. The minimum Gasteiger partial charge on any atom is -0.424 e. The first-order valence-corrected chi connectivity index (χ1v) is 9.76. The number of carbonyl (C=O) groups excluding carboxylic acids is 3. The monoisotopic (exact) mass is 377 g/mol. The molecule has 2 aromatic rings. The summed E-state index contributed by atoms with van der Waals surface area (Å²) in [4.78, 5) is 39.6. The van der Waals surface area contributed by atoms with E-state index in [1.807, 2.05) is 30.3 Å². The van der Waals surface area contributed by atoms with Crippen molar-refractivity contribution in [3.8, 4) is 5.75 Å². The van der Waals surface area contributed by atoms with E-state index in [0.29, 0.717) is 11.6 Å². The van der Waals surface area contributed by atoms with Gasteiger partial charge in [0.25, 0.3) is 0 Å². The standard InChI is InChI=1S/C23H23NO4/c1-15-11-12-17-18(13-15)23(27)24(22(17)26)19-9-5-6-10-20(19)28-21(25)14-16-7-3-2-4-8-16/h2-10,15,17-18H,11-14H2,1H3/t15-,17-,18+/m1/s1. The first-order chi connectivity index (χ1) is 13.5. The van der Waals surface area contributed by atoms with Gasteiger partial charge in [-0.3, -0.25) is 14.4 Å². The van der Waals surface area contributed by atoms with Crippen LogP contribution in [0.1, 0.15) is 31.7 Å². The Bertz CT molecular complexity index is 908. The molecular weight excluding hydrogens is 354 g/mol. The van der Waals surface area contributed by atoms with Gasteiger partial charge in [-0.2, -0.15) is 0 Å². The predicted molar refractivity (Wildman–Crippen MR) is 105 cm³/mol. The predicted octanol–water partition coefficient (Wildman–Crippen LogP) is 3.76. The van der Waals surface area contributed by atoms with Crippen molar-refractivity contribution in [2.75, 3.05) is 4.90 Å². The maximum absolute atomic E-state index is 13.0. The average molecular weight is 377 g/mol. The molecule has 0 spiro atoms. The summed E-state index contributed by atoms with van der Waals surface area (Å²) in [6.07, 6.45) is 2.56. The Labute approximate surface area is 164 Å². The number of hydrogen-bond acceptors (Lipinski definition) is 4. The number of ether oxygens (including phenoxy) is 1. The molecule has 144 valence electrons. The zero-order valence-electron chi connectivity index (χ0n) is 15.8. The van der Waals surface area contributed by atoms with Crippen LogP contribution in [0.25, 0.3) is 0 Å². The maximum Gasteiger partial charge on any atom is 0.315 e. The number of rotatable bonds is 4. The van der Waals surface area contributed by atoms with Crippen molar-refractivity contribution in [2.45, 2.75) is 32.6 Å². The second kappa shape index (κ2) is 7.58. The van der Waals surface area contributed by atoms with E-state index in [9.17, 15) is 14.4 Å². The van der Waals surface area contributed by atoms with Crippen LogP contribution in [0.2, 0.25) is 0 Å². The normalized spacial score (nSPS) is 24.2. The molecule has 0 radical (unpaired) electrons. The van der Waals surface area contributed by atoms with Crippen LogP contribution in [0.3, 0.4) is 0 Å². The zero-order chi connectivity index (χ0) is 19.7. The lowest BCUT2D eigenvalue weighted by atomic mass is 9.76. The summed E-state index contributed by atoms with van der Waals surface area (Å²) in [6.45, 7) is 2.12. The lowest BCUT2D eigenvalue weighted by molar-refractivity contribution is -0.133. The van der Waals surface area contributed by atoms with E-state index in [1.54, 1.807) is 24.3 Å². The molecule has 5 nitrogen and oxygen atoms in total. The van der Waals surface area contributed by atoms with Gasteiger partial charge in [0.15, 0.2) is 5.75 Å². The van der Waals surface area contributed by atoms with Gasteiger partial charge in [0.2, 0.25) is 11.8 Å². The molecule has 0 unspecified atom stereocenters. The molecule has 1 heterocycles. The first kappa shape index (κ1) is 18.4. The van der Waals surface area contributed by atoms with E-state index in [2.05, 4.69) is 6.92 Å². The lowest BCUT2D eigenvalue weighted by Gasteiger charge is -2.25. The van der Waals surface area contributed by atoms with Crippen LogP contribution in [0.4, 0.5) is 5.69 Å². The van der Waals surface area contributed by atoms with Crippen LogP contribution in [0.15, 0.2) is 54.6 Å². The summed E-state index contributed by atoms with van der Waals surface area (Å²) in [5, 5.41) is 0. The minimum absolute atomic E-state index is 0.125. The molecule has 5 heteroatoms. The Kier molecular flexibility index (Phi) is 4.99. The molecule has 2 fully saturated rings. The topological polar surface area (TPSA) is 63.7 Å². The van der Waals surface area contributed by atoms with Crippen molar-refractivity contribution >= 4 is 23.5 Å². The van der Waals surface area contributed by atoms with Crippen molar-refractivity contribution in [3.05, 3.63) is 60.2 Å². The summed E-state index contributed by atoms with van der Waals surface area (Å²) in [5.41, 5.74) is 1.21. The van der Waals surface area contributed by atoms with E-state index in [0.717, 1.165) is 24.8 Å². The van der Waals surface area contributed by atoms with Crippen LogP contribution in [0, 0.1) is 17.8 Å². The van der Waals surface area contributed by atoms with Gasteiger partial charge in [-0.15, -0.1) is 0 Å². The molecule has 2 aromatic carbocycles. The Morgan fingerprint density at radius 3 is 2.43 bits per heavy atom. The highest BCUT2D eigenvalue weighted by molar-refractivity contribution is 6.22. The van der Waals surface area contributed by atoms with Gasteiger partial charge >= 0.3 is 5.97 Å². The summed E-state index contributed by atoms with van der Waals surface area (Å²) < 4.78 is 5.55. The van der Waals surface area contributed by atoms with Gasteiger partial charge in [0.1, 0.15) is 0 Å². The molecule has 28 heavy (non-hydrogen) atoms. The number of carbonyl (C=O) groups is 3. The van der Waals surface area contributed by atoms with Crippen molar-refractivity contribution in [1.82, 2.24) is 0 Å². The Balaban J connectivity index is 1.57. The highest BCUT2D eigenvalue weighted by Crippen LogP contribution is 2.44. The third kappa shape index (κ3) is 3.44. The number of imide groups is 1. The number of nitrogens with zero attached hydrogens (tertiary/aromatic N) is 1. The van der Waals surface area contributed by atoms with Gasteiger partial charge in [-0.1, -0.05) is 49.4 Å². The SMILES string of the molecule is C[C@@H]1CC[C@H]2C(=O)N(c3ccccc3OC(=O)Cc3ccccc3)C(=O)[C@H]2C1. The average Bonchev–Trinajstić information content (AvgIpc) is 2.93.